The third kappa shape index (κ3) is 2.78. The average molecular weight is 275 g/mol. The van der Waals surface area contributed by atoms with Gasteiger partial charge in [0.25, 0.3) is 0 Å². The second-order valence-corrected chi connectivity index (χ2v) is 6.23. The number of rotatable bonds is 3. The molecule has 0 bridgehead atoms. The SMILES string of the molecule is COc1ccc(CN2CCCC3CCCCC32)cc1O. The quantitative estimate of drug-likeness (QED) is 0.915. The van der Waals surface area contributed by atoms with E-state index in [-0.39, 0.29) is 5.75 Å². The van der Waals surface area contributed by atoms with Crippen LogP contribution in [0.4, 0.5) is 0 Å². The summed E-state index contributed by atoms with van der Waals surface area (Å²) < 4.78 is 5.11. The summed E-state index contributed by atoms with van der Waals surface area (Å²) >= 11 is 0. The van der Waals surface area contributed by atoms with E-state index in [1.165, 1.54) is 50.6 Å². The van der Waals surface area contributed by atoms with Gasteiger partial charge >= 0.3 is 0 Å². The maximum atomic E-state index is 9.91. The average Bonchev–Trinajstić information content (AvgIpc) is 2.48. The molecule has 1 aromatic rings. The van der Waals surface area contributed by atoms with Gasteiger partial charge in [0.1, 0.15) is 0 Å². The number of ether oxygens (including phenoxy) is 1. The maximum absolute atomic E-state index is 9.91. The standard InChI is InChI=1S/C17H25NO2/c1-20-17-9-8-13(11-16(17)19)12-18-10-4-6-14-5-2-3-7-15(14)18/h8-9,11,14-15,19H,2-7,10,12H2,1H3. The van der Waals surface area contributed by atoms with Crippen molar-refractivity contribution in [3.05, 3.63) is 23.8 Å². The monoisotopic (exact) mass is 275 g/mol. The summed E-state index contributed by atoms with van der Waals surface area (Å²) in [6, 6.07) is 6.56. The van der Waals surface area contributed by atoms with E-state index in [4.69, 9.17) is 4.74 Å². The van der Waals surface area contributed by atoms with Gasteiger partial charge < -0.3 is 9.84 Å². The highest BCUT2D eigenvalue weighted by atomic mass is 16.5. The molecular formula is C17H25NO2. The first kappa shape index (κ1) is 13.7. The van der Waals surface area contributed by atoms with Gasteiger partial charge in [-0.25, -0.2) is 0 Å². The van der Waals surface area contributed by atoms with Gasteiger partial charge in [0.15, 0.2) is 11.5 Å². The van der Waals surface area contributed by atoms with Crippen molar-refractivity contribution >= 4 is 0 Å². The van der Waals surface area contributed by atoms with Crippen molar-refractivity contribution in [2.75, 3.05) is 13.7 Å². The largest absolute Gasteiger partial charge is 0.504 e. The number of aromatic hydroxyl groups is 1. The molecule has 20 heavy (non-hydrogen) atoms. The zero-order valence-electron chi connectivity index (χ0n) is 12.3. The minimum Gasteiger partial charge on any atom is -0.504 e. The van der Waals surface area contributed by atoms with E-state index in [1.54, 1.807) is 7.11 Å². The van der Waals surface area contributed by atoms with Crippen LogP contribution in [-0.4, -0.2) is 29.7 Å². The van der Waals surface area contributed by atoms with E-state index in [2.05, 4.69) is 11.0 Å². The van der Waals surface area contributed by atoms with Crippen LogP contribution >= 0.6 is 0 Å². The van der Waals surface area contributed by atoms with E-state index < -0.39 is 0 Å². The zero-order valence-corrected chi connectivity index (χ0v) is 12.3. The molecule has 1 saturated heterocycles. The molecule has 3 nitrogen and oxygen atoms in total. The van der Waals surface area contributed by atoms with Crippen LogP contribution in [0.1, 0.15) is 44.1 Å². The number of piperidine rings is 1. The van der Waals surface area contributed by atoms with Crippen LogP contribution in [0.2, 0.25) is 0 Å². The summed E-state index contributed by atoms with van der Waals surface area (Å²) in [6.45, 7) is 2.16. The Labute approximate surface area is 121 Å². The first-order valence-electron chi connectivity index (χ1n) is 7.88. The number of phenols is 1. The first-order valence-corrected chi connectivity index (χ1v) is 7.88. The van der Waals surface area contributed by atoms with Crippen LogP contribution in [0.25, 0.3) is 0 Å². The molecule has 110 valence electrons. The summed E-state index contributed by atoms with van der Waals surface area (Å²) in [5.41, 5.74) is 1.19. The number of likely N-dealkylation sites (tertiary alicyclic amines) is 1. The Morgan fingerprint density at radius 2 is 2.00 bits per heavy atom. The molecule has 2 unspecified atom stereocenters. The molecule has 2 fully saturated rings. The van der Waals surface area contributed by atoms with Gasteiger partial charge in [-0.15, -0.1) is 0 Å². The number of phenolic OH excluding ortho intramolecular Hbond substituents is 1. The number of hydrogen-bond donors (Lipinski definition) is 1. The predicted octanol–water partition coefficient (Wildman–Crippen LogP) is 3.56. The summed E-state index contributed by atoms with van der Waals surface area (Å²) in [5, 5.41) is 9.91. The molecule has 1 heterocycles. The molecule has 1 N–H and O–H groups in total. The predicted molar refractivity (Wildman–Crippen MR) is 80.0 cm³/mol. The molecule has 2 atom stereocenters. The molecule has 1 aromatic carbocycles. The molecule has 0 aromatic heterocycles. The lowest BCUT2D eigenvalue weighted by Crippen LogP contribution is -2.46. The highest BCUT2D eigenvalue weighted by Crippen LogP contribution is 2.36. The highest BCUT2D eigenvalue weighted by Gasteiger charge is 2.32. The molecule has 0 amide bonds. The van der Waals surface area contributed by atoms with Crippen molar-refractivity contribution in [1.29, 1.82) is 0 Å². The summed E-state index contributed by atoms with van der Waals surface area (Å²) in [4.78, 5) is 2.63. The normalized spacial score (nSPS) is 27.1. The molecule has 1 saturated carbocycles. The Morgan fingerprint density at radius 1 is 1.20 bits per heavy atom. The van der Waals surface area contributed by atoms with Crippen LogP contribution in [-0.2, 0) is 6.54 Å². The molecule has 2 aliphatic rings. The van der Waals surface area contributed by atoms with Gasteiger partial charge in [0.2, 0.25) is 0 Å². The second-order valence-electron chi connectivity index (χ2n) is 6.23. The zero-order chi connectivity index (χ0) is 13.9. The van der Waals surface area contributed by atoms with Gasteiger partial charge in [-0.1, -0.05) is 18.9 Å². The number of nitrogens with zero attached hydrogens (tertiary/aromatic N) is 1. The topological polar surface area (TPSA) is 32.7 Å². The summed E-state index contributed by atoms with van der Waals surface area (Å²) in [7, 11) is 1.59. The van der Waals surface area contributed by atoms with Crippen LogP contribution < -0.4 is 4.74 Å². The Kier molecular flexibility index (Phi) is 4.16. The van der Waals surface area contributed by atoms with E-state index >= 15 is 0 Å². The van der Waals surface area contributed by atoms with Gasteiger partial charge in [0, 0.05) is 12.6 Å². The first-order chi connectivity index (χ1) is 9.78. The van der Waals surface area contributed by atoms with Crippen LogP contribution in [0, 0.1) is 5.92 Å². The van der Waals surface area contributed by atoms with E-state index in [1.807, 2.05) is 12.1 Å². The Balaban J connectivity index is 1.71. The number of benzene rings is 1. The maximum Gasteiger partial charge on any atom is 0.160 e. The van der Waals surface area contributed by atoms with Crippen LogP contribution in [0.15, 0.2) is 18.2 Å². The smallest absolute Gasteiger partial charge is 0.160 e. The fourth-order valence-corrected chi connectivity index (χ4v) is 3.99. The molecule has 0 spiro atoms. The molecule has 1 aliphatic carbocycles. The third-order valence-corrected chi connectivity index (χ3v) is 4.99. The fourth-order valence-electron chi connectivity index (χ4n) is 3.99. The van der Waals surface area contributed by atoms with Gasteiger partial charge in [-0.05, 0) is 55.8 Å². The van der Waals surface area contributed by atoms with Crippen molar-refractivity contribution < 1.29 is 9.84 Å². The van der Waals surface area contributed by atoms with Crippen LogP contribution in [0.5, 0.6) is 11.5 Å². The Morgan fingerprint density at radius 3 is 2.80 bits per heavy atom. The number of fused-ring (bicyclic) bond motifs is 1. The number of methoxy groups -OCH3 is 1. The lowest BCUT2D eigenvalue weighted by molar-refractivity contribution is 0.0546. The molecule has 3 heteroatoms. The molecule has 3 rings (SSSR count). The Hall–Kier alpha value is -1.22. The minimum atomic E-state index is 0.252. The van der Waals surface area contributed by atoms with Crippen molar-refractivity contribution in [3.63, 3.8) is 0 Å². The number of hydrogen-bond acceptors (Lipinski definition) is 3. The third-order valence-electron chi connectivity index (χ3n) is 4.99. The van der Waals surface area contributed by atoms with Gasteiger partial charge in [-0.3, -0.25) is 4.90 Å². The summed E-state index contributed by atoms with van der Waals surface area (Å²) in [6.07, 6.45) is 8.30. The van der Waals surface area contributed by atoms with Gasteiger partial charge in [0.05, 0.1) is 7.11 Å². The van der Waals surface area contributed by atoms with Gasteiger partial charge in [-0.2, -0.15) is 0 Å². The second kappa shape index (κ2) is 6.04. The lowest BCUT2D eigenvalue weighted by atomic mass is 9.78. The van der Waals surface area contributed by atoms with E-state index in [0.717, 1.165) is 18.5 Å². The van der Waals surface area contributed by atoms with E-state index in [0.29, 0.717) is 5.75 Å². The molecule has 1 aliphatic heterocycles. The Bertz CT molecular complexity index is 458. The van der Waals surface area contributed by atoms with Crippen molar-refractivity contribution in [2.45, 2.75) is 51.1 Å². The minimum absolute atomic E-state index is 0.252. The van der Waals surface area contributed by atoms with E-state index in [9.17, 15) is 5.11 Å². The highest BCUT2D eigenvalue weighted by molar-refractivity contribution is 5.41. The fraction of sp³-hybridized carbons (Fsp3) is 0.647. The van der Waals surface area contributed by atoms with Crippen molar-refractivity contribution in [3.8, 4) is 11.5 Å². The molecule has 0 radical (unpaired) electrons. The van der Waals surface area contributed by atoms with Crippen LogP contribution in [0.3, 0.4) is 0 Å². The van der Waals surface area contributed by atoms with Crippen molar-refractivity contribution in [2.24, 2.45) is 5.92 Å². The summed E-state index contributed by atoms with van der Waals surface area (Å²) in [5.74, 6) is 1.72. The van der Waals surface area contributed by atoms with Crippen molar-refractivity contribution in [1.82, 2.24) is 4.90 Å². The molecular weight excluding hydrogens is 250 g/mol. The lowest BCUT2D eigenvalue weighted by Gasteiger charge is -2.44.